The Morgan fingerprint density at radius 2 is 1.76 bits per heavy atom. The fourth-order valence-electron chi connectivity index (χ4n) is 2.19. The summed E-state index contributed by atoms with van der Waals surface area (Å²) in [4.78, 5) is 0. The van der Waals surface area contributed by atoms with Crippen molar-refractivity contribution in [2.24, 2.45) is 0 Å². The van der Waals surface area contributed by atoms with Crippen molar-refractivity contribution >= 4 is 15.7 Å². The zero-order valence-corrected chi connectivity index (χ0v) is 12.9. The van der Waals surface area contributed by atoms with E-state index in [-0.39, 0.29) is 23.1 Å². The monoisotopic (exact) mass is 305 g/mol. The van der Waals surface area contributed by atoms with Crippen LogP contribution in [0.15, 0.2) is 48.5 Å². The van der Waals surface area contributed by atoms with Gasteiger partial charge in [0.1, 0.15) is 5.75 Å². The SMILES string of the molecule is Cc1cccc(O)c1NS(=O)(=O)CC(C)c1ccccc1. The van der Waals surface area contributed by atoms with Gasteiger partial charge in [0.05, 0.1) is 11.4 Å². The maximum Gasteiger partial charge on any atom is 0.233 e. The normalized spacial score (nSPS) is 12.9. The summed E-state index contributed by atoms with van der Waals surface area (Å²) in [6.07, 6.45) is 0. The highest BCUT2D eigenvalue weighted by molar-refractivity contribution is 7.92. The van der Waals surface area contributed by atoms with Crippen molar-refractivity contribution in [2.75, 3.05) is 10.5 Å². The molecule has 0 fully saturated rings. The molecule has 0 heterocycles. The zero-order chi connectivity index (χ0) is 15.5. The van der Waals surface area contributed by atoms with Gasteiger partial charge in [-0.2, -0.15) is 0 Å². The van der Waals surface area contributed by atoms with Crippen LogP contribution in [0, 0.1) is 6.92 Å². The molecule has 5 heteroatoms. The number of hydrogen-bond acceptors (Lipinski definition) is 3. The molecule has 2 aromatic rings. The Hall–Kier alpha value is -2.01. The Morgan fingerprint density at radius 3 is 2.38 bits per heavy atom. The number of rotatable bonds is 5. The van der Waals surface area contributed by atoms with Crippen molar-refractivity contribution in [2.45, 2.75) is 19.8 Å². The average molecular weight is 305 g/mol. The van der Waals surface area contributed by atoms with E-state index >= 15 is 0 Å². The van der Waals surface area contributed by atoms with E-state index in [0.717, 1.165) is 5.56 Å². The van der Waals surface area contributed by atoms with E-state index in [2.05, 4.69) is 4.72 Å². The highest BCUT2D eigenvalue weighted by Crippen LogP contribution is 2.28. The van der Waals surface area contributed by atoms with E-state index in [1.165, 1.54) is 6.07 Å². The molecule has 0 saturated heterocycles. The van der Waals surface area contributed by atoms with Gasteiger partial charge in [-0.25, -0.2) is 8.42 Å². The summed E-state index contributed by atoms with van der Waals surface area (Å²) in [7, 11) is -3.54. The van der Waals surface area contributed by atoms with Crippen molar-refractivity contribution in [3.63, 3.8) is 0 Å². The van der Waals surface area contributed by atoms with Crippen molar-refractivity contribution in [3.8, 4) is 5.75 Å². The summed E-state index contributed by atoms with van der Waals surface area (Å²) in [6.45, 7) is 3.62. The maximum absolute atomic E-state index is 12.3. The van der Waals surface area contributed by atoms with Gasteiger partial charge in [0, 0.05) is 0 Å². The van der Waals surface area contributed by atoms with Crippen molar-refractivity contribution in [1.29, 1.82) is 0 Å². The average Bonchev–Trinajstić information content (AvgIpc) is 2.43. The first-order valence-electron chi connectivity index (χ1n) is 6.73. The number of benzene rings is 2. The largest absolute Gasteiger partial charge is 0.506 e. The Bertz CT molecular complexity index is 691. The van der Waals surface area contributed by atoms with Gasteiger partial charge in [-0.05, 0) is 30.0 Å². The molecule has 1 atom stereocenters. The summed E-state index contributed by atoms with van der Waals surface area (Å²) in [5.41, 5.74) is 1.90. The van der Waals surface area contributed by atoms with Gasteiger partial charge in [0.15, 0.2) is 0 Å². The molecule has 0 saturated carbocycles. The molecule has 0 radical (unpaired) electrons. The third kappa shape index (κ3) is 3.98. The summed E-state index contributed by atoms with van der Waals surface area (Å²) < 4.78 is 27.0. The molecule has 112 valence electrons. The standard InChI is InChI=1S/C16H19NO3S/c1-12-7-6-10-15(18)16(12)17-21(19,20)11-13(2)14-8-4-3-5-9-14/h3-10,13,17-18H,11H2,1-2H3. The van der Waals surface area contributed by atoms with E-state index in [0.29, 0.717) is 5.56 Å². The fourth-order valence-corrected chi connectivity index (χ4v) is 3.70. The summed E-state index contributed by atoms with van der Waals surface area (Å²) in [5.74, 6) is -0.231. The van der Waals surface area contributed by atoms with Crippen molar-refractivity contribution in [1.82, 2.24) is 0 Å². The number of para-hydroxylation sites is 1. The molecule has 0 amide bonds. The third-order valence-electron chi connectivity index (χ3n) is 3.35. The molecular formula is C16H19NO3S. The number of phenols is 1. The van der Waals surface area contributed by atoms with Crippen LogP contribution >= 0.6 is 0 Å². The molecule has 2 rings (SSSR count). The van der Waals surface area contributed by atoms with Crippen LogP contribution in [0.2, 0.25) is 0 Å². The topological polar surface area (TPSA) is 66.4 Å². The smallest absolute Gasteiger partial charge is 0.233 e. The van der Waals surface area contributed by atoms with Crippen LogP contribution in [0.25, 0.3) is 0 Å². The van der Waals surface area contributed by atoms with Crippen molar-refractivity contribution < 1.29 is 13.5 Å². The van der Waals surface area contributed by atoms with Gasteiger partial charge in [0.25, 0.3) is 0 Å². The van der Waals surface area contributed by atoms with Crippen LogP contribution in [0.4, 0.5) is 5.69 Å². The van der Waals surface area contributed by atoms with Crippen LogP contribution in [0.5, 0.6) is 5.75 Å². The molecule has 2 N–H and O–H groups in total. The van der Waals surface area contributed by atoms with Gasteiger partial charge in [0.2, 0.25) is 10.0 Å². The molecule has 0 aliphatic heterocycles. The number of hydrogen-bond donors (Lipinski definition) is 2. The minimum absolute atomic E-state index is 0.0369. The molecule has 0 aromatic heterocycles. The van der Waals surface area contributed by atoms with Crippen LogP contribution in [0.1, 0.15) is 24.0 Å². The number of aromatic hydroxyl groups is 1. The minimum atomic E-state index is -3.54. The summed E-state index contributed by atoms with van der Waals surface area (Å²) in [5, 5.41) is 9.78. The van der Waals surface area contributed by atoms with Gasteiger partial charge < -0.3 is 5.11 Å². The van der Waals surface area contributed by atoms with Gasteiger partial charge in [-0.1, -0.05) is 49.4 Å². The minimum Gasteiger partial charge on any atom is -0.506 e. The lowest BCUT2D eigenvalue weighted by Crippen LogP contribution is -2.21. The van der Waals surface area contributed by atoms with Gasteiger partial charge in [-0.3, -0.25) is 4.72 Å². The Balaban J connectivity index is 2.16. The van der Waals surface area contributed by atoms with E-state index in [9.17, 15) is 13.5 Å². The van der Waals surface area contributed by atoms with Gasteiger partial charge >= 0.3 is 0 Å². The molecule has 0 aliphatic carbocycles. The Labute approximate surface area is 125 Å². The quantitative estimate of drug-likeness (QED) is 0.833. The van der Waals surface area contributed by atoms with Crippen LogP contribution in [-0.2, 0) is 10.0 Å². The maximum atomic E-state index is 12.3. The number of aryl methyl sites for hydroxylation is 1. The predicted octanol–water partition coefficient (Wildman–Crippen LogP) is 3.25. The summed E-state index contributed by atoms with van der Waals surface area (Å²) in [6, 6.07) is 14.4. The zero-order valence-electron chi connectivity index (χ0n) is 12.1. The van der Waals surface area contributed by atoms with E-state index < -0.39 is 10.0 Å². The molecule has 0 aliphatic rings. The second-order valence-corrected chi connectivity index (χ2v) is 6.93. The number of sulfonamides is 1. The van der Waals surface area contributed by atoms with E-state index in [4.69, 9.17) is 0 Å². The second kappa shape index (κ2) is 6.18. The third-order valence-corrected chi connectivity index (χ3v) is 4.80. The Morgan fingerprint density at radius 1 is 1.10 bits per heavy atom. The highest BCUT2D eigenvalue weighted by Gasteiger charge is 2.19. The lowest BCUT2D eigenvalue weighted by atomic mass is 10.0. The van der Waals surface area contributed by atoms with Crippen LogP contribution in [0.3, 0.4) is 0 Å². The number of phenolic OH excluding ortho intramolecular Hbond substituents is 1. The van der Waals surface area contributed by atoms with E-state index in [1.54, 1.807) is 19.1 Å². The molecule has 4 nitrogen and oxygen atoms in total. The Kier molecular flexibility index (Phi) is 4.53. The first-order valence-corrected chi connectivity index (χ1v) is 8.38. The number of anilines is 1. The van der Waals surface area contributed by atoms with Crippen LogP contribution < -0.4 is 4.72 Å². The van der Waals surface area contributed by atoms with Gasteiger partial charge in [-0.15, -0.1) is 0 Å². The molecule has 0 bridgehead atoms. The highest BCUT2D eigenvalue weighted by atomic mass is 32.2. The summed E-state index contributed by atoms with van der Waals surface area (Å²) >= 11 is 0. The molecule has 1 unspecified atom stereocenters. The molecule has 0 spiro atoms. The lowest BCUT2D eigenvalue weighted by Gasteiger charge is -2.15. The number of nitrogens with one attached hydrogen (secondary N) is 1. The molecule has 21 heavy (non-hydrogen) atoms. The predicted molar refractivity (Wildman–Crippen MR) is 85.1 cm³/mol. The fraction of sp³-hybridized carbons (Fsp3) is 0.250. The van der Waals surface area contributed by atoms with Crippen LogP contribution in [-0.4, -0.2) is 19.3 Å². The lowest BCUT2D eigenvalue weighted by molar-refractivity contribution is 0.477. The molecule has 2 aromatic carbocycles. The second-order valence-electron chi connectivity index (χ2n) is 5.16. The van der Waals surface area contributed by atoms with E-state index in [1.807, 2.05) is 37.3 Å². The first-order chi connectivity index (χ1) is 9.89. The van der Waals surface area contributed by atoms with Crippen molar-refractivity contribution in [3.05, 3.63) is 59.7 Å². The molecular weight excluding hydrogens is 286 g/mol. The first kappa shape index (κ1) is 15.4.